The molecule has 0 spiro atoms. The van der Waals surface area contributed by atoms with E-state index in [1.165, 1.54) is 77.0 Å². The van der Waals surface area contributed by atoms with E-state index < -0.39 is 7.54 Å². The van der Waals surface area contributed by atoms with Gasteiger partial charge in [0.05, 0.1) is 0 Å². The van der Waals surface area contributed by atoms with Crippen molar-refractivity contribution in [2.75, 3.05) is 0 Å². The van der Waals surface area contributed by atoms with Crippen LogP contribution in [0.15, 0.2) is 34.3 Å². The predicted molar refractivity (Wildman–Crippen MR) is 137 cm³/mol. The molecule has 0 N–H and O–H groups in total. The van der Waals surface area contributed by atoms with E-state index in [0.717, 1.165) is 11.8 Å². The van der Waals surface area contributed by atoms with Crippen LogP contribution in [0.1, 0.15) is 84.0 Å². The van der Waals surface area contributed by atoms with Crippen LogP contribution in [-0.2, 0) is 30.7 Å². The minimum absolute atomic E-state index is 0. The van der Waals surface area contributed by atoms with Gasteiger partial charge in [0.15, 0.2) is 0 Å². The smallest absolute Gasteiger partial charge is 1.00 e. The van der Waals surface area contributed by atoms with Crippen LogP contribution in [0.2, 0.25) is 0 Å². The Hall–Kier alpha value is -1.37. The summed E-state index contributed by atoms with van der Waals surface area (Å²) in [5.41, 5.74) is 0. The van der Waals surface area contributed by atoms with Gasteiger partial charge >= 0.3 is 28.6 Å². The van der Waals surface area contributed by atoms with Crippen molar-refractivity contribution < 1.29 is 48.3 Å². The van der Waals surface area contributed by atoms with Crippen LogP contribution >= 0.6 is 0 Å². The molecule has 0 heterocycles. The first-order valence-electron chi connectivity index (χ1n) is 12.2. The van der Waals surface area contributed by atoms with Gasteiger partial charge in [-0.05, 0) is 31.6 Å². The molecule has 36 heavy (non-hydrogen) atoms. The van der Waals surface area contributed by atoms with E-state index in [4.69, 9.17) is 9.59 Å². The molecule has 0 amide bonds. The first-order valence-corrected chi connectivity index (χ1v) is 12.2. The Balaban J connectivity index is -0.000000470. The summed E-state index contributed by atoms with van der Waals surface area (Å²) in [4.78, 5) is 24.7. The molecular formula is C26H39BF4MoN2O2-. The van der Waals surface area contributed by atoms with Crippen LogP contribution in [0, 0.1) is 17.8 Å². The second-order valence-electron chi connectivity index (χ2n) is 8.77. The van der Waals surface area contributed by atoms with Crippen LogP contribution in [0.5, 0.6) is 0 Å². The standard InChI is InChI=1S/C14H24N2.C10H13.2CHO.BF3.FH.Mo/c1-3-7-13(8-4-1)15-11-12-16-14-9-5-2-6-10-14;1-8-6-7-9-4-2-3-5-10(8)9;2*1-2;2-1(3)4;;/h11-14H,1-10H2;2-5,9-10H,6-7H2,1H3;2*1H;;1H;/q;3*-1;;;+3/p-1. The normalized spacial score (nSPS) is 23.1. The van der Waals surface area contributed by atoms with Crippen LogP contribution in [0.3, 0.4) is 0 Å². The molecule has 203 valence electrons. The van der Waals surface area contributed by atoms with Gasteiger partial charge in [0.1, 0.15) is 0 Å². The van der Waals surface area contributed by atoms with E-state index in [1.807, 2.05) is 12.4 Å². The Morgan fingerprint density at radius 2 is 1.17 bits per heavy atom. The fourth-order valence-corrected chi connectivity index (χ4v) is 4.80. The number of carbonyl (C=O) groups excluding carboxylic acids is 2. The van der Waals surface area contributed by atoms with E-state index in [1.54, 1.807) is 5.92 Å². The van der Waals surface area contributed by atoms with Crippen LogP contribution in [0.4, 0.5) is 12.9 Å². The zero-order chi connectivity index (χ0) is 25.6. The molecule has 3 fully saturated rings. The summed E-state index contributed by atoms with van der Waals surface area (Å²) in [6.45, 7) is 8.79. The summed E-state index contributed by atoms with van der Waals surface area (Å²) in [6, 6.07) is 1.18. The number of allylic oxidation sites excluding steroid dienone is 4. The maximum absolute atomic E-state index is 9.67. The summed E-state index contributed by atoms with van der Waals surface area (Å²) in [6.07, 6.45) is 29.1. The zero-order valence-electron chi connectivity index (χ0n) is 21.1. The second kappa shape index (κ2) is 26.7. The Labute approximate surface area is 229 Å². The average Bonchev–Trinajstić information content (AvgIpc) is 3.27. The van der Waals surface area contributed by atoms with Crippen molar-refractivity contribution in [1.82, 2.24) is 0 Å². The number of rotatable bonds is 3. The zero-order valence-corrected chi connectivity index (χ0v) is 23.1. The number of aliphatic imine (C=N–C) groups is 2. The SMILES string of the molecule is C(C=NC1CCCCC1)=NC1CCCCC1.C[C-]1CCC2C=CC=CC12.FB(F)F.[CH-]=O.[CH-]=O.[F-].[Mo+3]. The van der Waals surface area contributed by atoms with Crippen molar-refractivity contribution in [3.63, 3.8) is 0 Å². The third kappa shape index (κ3) is 18.8. The largest absolute Gasteiger partial charge is 3.00 e. The van der Waals surface area contributed by atoms with Crippen LogP contribution in [0.25, 0.3) is 0 Å². The van der Waals surface area contributed by atoms with Crippen molar-refractivity contribution in [2.24, 2.45) is 21.8 Å². The monoisotopic (exact) mass is 596 g/mol. The summed E-state index contributed by atoms with van der Waals surface area (Å²) in [5, 5.41) is 0. The third-order valence-electron chi connectivity index (χ3n) is 6.50. The van der Waals surface area contributed by atoms with Gasteiger partial charge in [-0.3, -0.25) is 36.5 Å². The molecule has 0 aromatic rings. The second-order valence-corrected chi connectivity index (χ2v) is 8.77. The molecule has 10 heteroatoms. The molecule has 0 aliphatic heterocycles. The summed E-state index contributed by atoms with van der Waals surface area (Å²) in [7, 11) is -3.67. The molecule has 2 unspecified atom stereocenters. The minimum atomic E-state index is -3.67. The van der Waals surface area contributed by atoms with Gasteiger partial charge in [-0.1, -0.05) is 63.2 Å². The number of fused-ring (bicyclic) bond motifs is 1. The van der Waals surface area contributed by atoms with Crippen LogP contribution in [-0.4, -0.2) is 45.6 Å². The van der Waals surface area contributed by atoms with Gasteiger partial charge in [0.25, 0.3) is 0 Å². The van der Waals surface area contributed by atoms with Gasteiger partial charge in [0, 0.05) is 24.5 Å². The number of halogens is 4. The van der Waals surface area contributed by atoms with E-state index in [9.17, 15) is 12.9 Å². The summed E-state index contributed by atoms with van der Waals surface area (Å²) in [5.74, 6) is 3.29. The Bertz CT molecular complexity index is 584. The average molecular weight is 594 g/mol. The fourth-order valence-electron chi connectivity index (χ4n) is 4.80. The Morgan fingerprint density at radius 1 is 0.778 bits per heavy atom. The van der Waals surface area contributed by atoms with Gasteiger partial charge in [-0.15, -0.1) is 12.0 Å². The van der Waals surface area contributed by atoms with Crippen LogP contribution < -0.4 is 4.70 Å². The van der Waals surface area contributed by atoms with Crippen molar-refractivity contribution in [2.45, 2.75) is 96.1 Å². The fraction of sp³-hybridized carbons (Fsp3) is 0.654. The van der Waals surface area contributed by atoms with Gasteiger partial charge in [-0.2, -0.15) is 13.3 Å². The first-order chi connectivity index (χ1) is 16.6. The van der Waals surface area contributed by atoms with E-state index in [0.29, 0.717) is 12.1 Å². The summed E-state index contributed by atoms with van der Waals surface area (Å²) < 4.78 is 29.0. The number of nitrogens with zero attached hydrogens (tertiary/aromatic N) is 2. The van der Waals surface area contributed by atoms with E-state index in [2.05, 4.69) is 54.8 Å². The quantitative estimate of drug-likeness (QED) is 0.164. The van der Waals surface area contributed by atoms with Gasteiger partial charge in [-0.25, -0.2) is 0 Å². The Kier molecular flexibility index (Phi) is 29.0. The molecule has 0 bridgehead atoms. The molecule has 4 nitrogen and oxygen atoms in total. The third-order valence-corrected chi connectivity index (χ3v) is 6.50. The predicted octanol–water partition coefficient (Wildman–Crippen LogP) is 3.86. The molecule has 2 atom stereocenters. The van der Waals surface area contributed by atoms with Gasteiger partial charge in [0.2, 0.25) is 0 Å². The van der Waals surface area contributed by atoms with Gasteiger partial charge < -0.3 is 20.2 Å². The molecular weight excluding hydrogens is 555 g/mol. The first kappa shape index (κ1) is 39.2. The van der Waals surface area contributed by atoms with Crippen molar-refractivity contribution in [3.05, 3.63) is 30.2 Å². The topological polar surface area (TPSA) is 58.9 Å². The number of hydrogen-bond acceptors (Lipinski definition) is 4. The summed E-state index contributed by atoms with van der Waals surface area (Å²) >= 11 is 0. The van der Waals surface area contributed by atoms with E-state index >= 15 is 0 Å². The van der Waals surface area contributed by atoms with Crippen molar-refractivity contribution >= 4 is 33.6 Å². The van der Waals surface area contributed by atoms with Crippen molar-refractivity contribution in [3.8, 4) is 0 Å². The molecule has 4 rings (SSSR count). The molecule has 1 radical (unpaired) electrons. The minimum Gasteiger partial charge on any atom is -1.00 e. The molecule has 4 aliphatic rings. The Morgan fingerprint density at radius 3 is 1.56 bits per heavy atom. The molecule has 3 saturated carbocycles. The van der Waals surface area contributed by atoms with E-state index in [-0.39, 0.29) is 25.8 Å². The maximum Gasteiger partial charge on any atom is 3.00 e. The maximum atomic E-state index is 9.67. The molecule has 4 aliphatic carbocycles. The molecule has 0 aromatic carbocycles. The molecule has 0 aromatic heterocycles. The number of hydrogen-bond donors (Lipinski definition) is 0. The molecule has 0 saturated heterocycles. The van der Waals surface area contributed by atoms with Crippen molar-refractivity contribution in [1.29, 1.82) is 0 Å².